The summed E-state index contributed by atoms with van der Waals surface area (Å²) in [5, 5.41) is 21.5. The Bertz CT molecular complexity index is 20.8. The van der Waals surface area contributed by atoms with Gasteiger partial charge < -0.3 is 22.0 Å². The van der Waals surface area contributed by atoms with E-state index in [4.69, 9.17) is 15.1 Å². The van der Waals surface area contributed by atoms with Crippen molar-refractivity contribution in [3.05, 3.63) is 0 Å². The van der Waals surface area contributed by atoms with E-state index in [1.807, 2.05) is 0 Å². The van der Waals surface area contributed by atoms with Crippen molar-refractivity contribution in [2.75, 3.05) is 0 Å². The summed E-state index contributed by atoms with van der Waals surface area (Å²) in [4.78, 5) is 0. The number of rotatable bonds is 0. The summed E-state index contributed by atoms with van der Waals surface area (Å²) in [7, 11) is -2.17. The van der Waals surface area contributed by atoms with Crippen molar-refractivity contribution in [3.63, 3.8) is 0 Å². The summed E-state index contributed by atoms with van der Waals surface area (Å²) in [6.07, 6.45) is 0. The van der Waals surface area contributed by atoms with E-state index in [-0.39, 0.29) is 69.2 Å². The maximum Gasteiger partial charge on any atom is 1.00 e. The Hall–Kier alpha value is 2.01. The molecule has 1 radical (unpaired) electrons. The predicted molar refractivity (Wildman–Crippen MR) is 17.1 cm³/mol. The van der Waals surface area contributed by atoms with Gasteiger partial charge in [0.05, 0.1) is 0 Å². The van der Waals surface area contributed by atoms with Crippen LogP contribution in [0.15, 0.2) is 0 Å². The molecule has 37 valence electrons. The van der Waals surface area contributed by atoms with Gasteiger partial charge in [-0.15, -0.1) is 0 Å². The second-order valence-corrected chi connectivity index (χ2v) is 0.346. The van der Waals surface area contributed by atoms with Gasteiger partial charge in [0.15, 0.2) is 0 Å². The van der Waals surface area contributed by atoms with Crippen LogP contribution in [-0.2, 0) is 32.7 Å². The summed E-state index contributed by atoms with van der Waals surface area (Å²) in [5.74, 6) is 0. The molecule has 0 saturated heterocycles. The fourth-order valence-electron chi connectivity index (χ4n) is 0. The van der Waals surface area contributed by atoms with Crippen molar-refractivity contribution in [3.8, 4) is 0 Å². The average Bonchev–Trinajstić information content (AvgIpc) is 0.811. The van der Waals surface area contributed by atoms with E-state index in [1.54, 1.807) is 0 Å². The normalized spacial score (nSPS) is 3.86. The third-order valence-corrected chi connectivity index (χ3v) is 0. The van der Waals surface area contributed by atoms with E-state index in [0.29, 0.717) is 0 Å². The molecule has 0 heterocycles. The maximum absolute atomic E-state index is 7.17. The summed E-state index contributed by atoms with van der Waals surface area (Å²) >= 11 is 0. The molecule has 0 amide bonds. The minimum absolute atomic E-state index is 0. The first kappa shape index (κ1) is 23.0. The monoisotopic (exact) mass is 193 g/mol. The van der Waals surface area contributed by atoms with Crippen LogP contribution < -0.4 is 29.6 Å². The van der Waals surface area contributed by atoms with E-state index in [0.717, 1.165) is 0 Å². The summed E-state index contributed by atoms with van der Waals surface area (Å²) < 4.78 is 0. The van der Waals surface area contributed by atoms with Crippen LogP contribution in [0.1, 0.15) is 1.43 Å². The second kappa shape index (κ2) is 15.7. The molecule has 7 heavy (non-hydrogen) atoms. The van der Waals surface area contributed by atoms with Crippen LogP contribution in [0.2, 0.25) is 0 Å². The van der Waals surface area contributed by atoms with E-state index < -0.39 is 7.32 Å². The summed E-state index contributed by atoms with van der Waals surface area (Å²) in [5.41, 5.74) is 0. The zero-order valence-electron chi connectivity index (χ0n) is 5.00. The quantitative estimate of drug-likeness (QED) is 0.334. The number of hydrogen-bond donors (Lipinski definition) is 3. The Morgan fingerprint density at radius 3 is 1.14 bits per heavy atom. The minimum atomic E-state index is -2.17. The Balaban J connectivity index is -0.00000000750. The van der Waals surface area contributed by atoms with Crippen LogP contribution in [0.4, 0.5) is 0 Å². The van der Waals surface area contributed by atoms with Gasteiger partial charge in [-0.2, -0.15) is 0 Å². The van der Waals surface area contributed by atoms with E-state index in [9.17, 15) is 0 Å². The van der Waals surface area contributed by atoms with Crippen LogP contribution in [0, 0.1) is 0 Å². The van der Waals surface area contributed by atoms with Gasteiger partial charge in [0.1, 0.15) is 0 Å². The zero-order chi connectivity index (χ0) is 3.58. The molecule has 0 unspecified atom stereocenters. The molecule has 0 spiro atoms. The summed E-state index contributed by atoms with van der Waals surface area (Å²) in [6, 6.07) is 0. The zero-order valence-corrected chi connectivity index (χ0v) is 8.83. The number of hydrogen-bond acceptors (Lipinski definition) is 3. The molecular formula is H6BNaO4Y. The van der Waals surface area contributed by atoms with Gasteiger partial charge >= 0.3 is 36.9 Å². The SMILES string of the molecule is O.OB(O)O.[H-].[Na+].[Y]. The first-order valence-electron chi connectivity index (χ1n) is 0.775. The largest absolute Gasteiger partial charge is 1.00 e. The third-order valence-electron chi connectivity index (χ3n) is 0. The second-order valence-electron chi connectivity index (χ2n) is 0.346. The molecule has 0 rings (SSSR count). The molecule has 4 nitrogen and oxygen atoms in total. The first-order valence-corrected chi connectivity index (χ1v) is 0.775. The topological polar surface area (TPSA) is 92.2 Å². The molecule has 0 aliphatic carbocycles. The fourth-order valence-corrected chi connectivity index (χ4v) is 0. The van der Waals surface area contributed by atoms with Crippen LogP contribution in [0.25, 0.3) is 0 Å². The smallest absolute Gasteiger partial charge is 1.00 e. The standard InChI is InChI=1S/BH3O3.Na.H2O.Y.H/c2-1(3)4;;;;/h2-4H;;1H2;;/q;+1;;;-1. The van der Waals surface area contributed by atoms with Crippen molar-refractivity contribution in [1.29, 1.82) is 0 Å². The van der Waals surface area contributed by atoms with Gasteiger partial charge in [-0.1, -0.05) is 0 Å². The minimum Gasteiger partial charge on any atom is -1.00 e. The van der Waals surface area contributed by atoms with E-state index >= 15 is 0 Å². The molecule has 0 bridgehead atoms. The average molecular weight is 193 g/mol. The van der Waals surface area contributed by atoms with Crippen LogP contribution in [0.3, 0.4) is 0 Å². The molecule has 7 heteroatoms. The molecule has 0 atom stereocenters. The van der Waals surface area contributed by atoms with Gasteiger partial charge in [0, 0.05) is 32.7 Å². The summed E-state index contributed by atoms with van der Waals surface area (Å²) in [6.45, 7) is 0. The fraction of sp³-hybridized carbons (Fsp3) is 0. The Morgan fingerprint density at radius 2 is 1.14 bits per heavy atom. The molecule has 0 aromatic rings. The van der Waals surface area contributed by atoms with Crippen molar-refractivity contribution >= 4 is 7.32 Å². The molecule has 0 aliphatic rings. The van der Waals surface area contributed by atoms with Crippen molar-refractivity contribution < 1.29 is 84.2 Å². The molecule has 0 aromatic heterocycles. The molecule has 0 fully saturated rings. The van der Waals surface area contributed by atoms with E-state index in [2.05, 4.69) is 0 Å². The molecule has 0 aromatic carbocycles. The van der Waals surface area contributed by atoms with Gasteiger partial charge in [0.25, 0.3) is 0 Å². The van der Waals surface area contributed by atoms with Gasteiger partial charge in [-0.05, 0) is 0 Å². The first-order chi connectivity index (χ1) is 1.73. The van der Waals surface area contributed by atoms with Crippen molar-refractivity contribution in [2.24, 2.45) is 0 Å². The van der Waals surface area contributed by atoms with Crippen LogP contribution in [-0.4, -0.2) is 27.9 Å². The van der Waals surface area contributed by atoms with Crippen LogP contribution in [0.5, 0.6) is 0 Å². The Morgan fingerprint density at radius 1 is 1.14 bits per heavy atom. The van der Waals surface area contributed by atoms with Crippen LogP contribution >= 0.6 is 0 Å². The predicted octanol–water partition coefficient (Wildman–Crippen LogP) is -5.76. The molecule has 0 aliphatic heterocycles. The van der Waals surface area contributed by atoms with Crippen molar-refractivity contribution in [2.45, 2.75) is 0 Å². The van der Waals surface area contributed by atoms with E-state index in [1.165, 1.54) is 0 Å². The Kier molecular flexibility index (Phi) is 51.6. The van der Waals surface area contributed by atoms with Gasteiger partial charge in [-0.3, -0.25) is 0 Å². The molecule has 0 saturated carbocycles. The molecular weight excluding hydrogens is 187 g/mol. The third kappa shape index (κ3) is 71.7. The maximum atomic E-state index is 7.17. The van der Waals surface area contributed by atoms with Gasteiger partial charge in [0.2, 0.25) is 0 Å². The molecule has 5 N–H and O–H groups in total. The van der Waals surface area contributed by atoms with Crippen molar-refractivity contribution in [1.82, 2.24) is 0 Å². The van der Waals surface area contributed by atoms with Gasteiger partial charge in [-0.25, -0.2) is 0 Å². The Labute approximate surface area is 90.4 Å².